The Morgan fingerprint density at radius 2 is 1.93 bits per heavy atom. The molecule has 1 aliphatic heterocycles. The second-order valence-corrected chi connectivity index (χ2v) is 6.43. The zero-order valence-electron chi connectivity index (χ0n) is 8.87. The van der Waals surface area contributed by atoms with Crippen molar-refractivity contribution in [2.75, 3.05) is 0 Å². The molecule has 2 heteroatoms. The molecule has 0 atom stereocenters. The summed E-state index contributed by atoms with van der Waals surface area (Å²) in [5.41, 5.74) is 2.51. The van der Waals surface area contributed by atoms with Crippen LogP contribution in [0.25, 0.3) is 0 Å². The van der Waals surface area contributed by atoms with Crippen molar-refractivity contribution in [1.29, 1.82) is 0 Å². The second-order valence-electron chi connectivity index (χ2n) is 4.53. The van der Waals surface area contributed by atoms with E-state index in [0.717, 1.165) is 12.1 Å². The molecule has 14 heavy (non-hydrogen) atoms. The average Bonchev–Trinajstić information content (AvgIpc) is 2.42. The Kier molecular flexibility index (Phi) is 2.40. The summed E-state index contributed by atoms with van der Waals surface area (Å²) in [6.45, 7) is 6.68. The Morgan fingerprint density at radius 1 is 1.21 bits per heavy atom. The molecule has 0 fully saturated rings. The fourth-order valence-electron chi connectivity index (χ4n) is 1.52. The van der Waals surface area contributed by atoms with E-state index in [-0.39, 0.29) is 4.75 Å². The lowest BCUT2D eigenvalue weighted by Crippen LogP contribution is -2.11. The molecule has 1 aromatic rings. The van der Waals surface area contributed by atoms with Crippen LogP contribution < -0.4 is 0 Å². The highest BCUT2D eigenvalue weighted by Gasteiger charge is 2.20. The van der Waals surface area contributed by atoms with E-state index in [0.29, 0.717) is 0 Å². The van der Waals surface area contributed by atoms with Crippen molar-refractivity contribution in [2.45, 2.75) is 31.9 Å². The maximum Gasteiger partial charge on any atom is 0.0788 e. The summed E-state index contributed by atoms with van der Waals surface area (Å²) in [4.78, 5) is 4.62. The topological polar surface area (TPSA) is 12.4 Å². The largest absolute Gasteiger partial charge is 0.246 e. The Balaban J connectivity index is 2.16. The van der Waals surface area contributed by atoms with Crippen molar-refractivity contribution < 1.29 is 0 Å². The van der Waals surface area contributed by atoms with Crippen LogP contribution >= 0.6 is 11.8 Å². The third-order valence-electron chi connectivity index (χ3n) is 2.00. The highest BCUT2D eigenvalue weighted by Crippen LogP contribution is 2.34. The van der Waals surface area contributed by atoms with Gasteiger partial charge in [-0.15, -0.1) is 11.8 Å². The molecule has 1 aromatic carbocycles. The fourth-order valence-corrected chi connectivity index (χ4v) is 2.60. The van der Waals surface area contributed by atoms with Crippen molar-refractivity contribution >= 4 is 22.5 Å². The van der Waals surface area contributed by atoms with Gasteiger partial charge in [0, 0.05) is 11.2 Å². The number of rotatable bonds is 0. The molecule has 0 aromatic heterocycles. The monoisotopic (exact) mass is 205 g/mol. The normalized spacial score (nSPS) is 15.2. The molecule has 0 bridgehead atoms. The third-order valence-corrected chi connectivity index (χ3v) is 3.09. The van der Waals surface area contributed by atoms with Crippen LogP contribution in [0.1, 0.15) is 26.3 Å². The summed E-state index contributed by atoms with van der Waals surface area (Å²) in [5.74, 6) is 0. The molecule has 0 saturated carbocycles. The summed E-state index contributed by atoms with van der Waals surface area (Å²) in [6, 6.07) is 8.38. The standard InChI is InChI=1S/C12H15NS/c1-12(2,3)14-11-8-9-6-4-5-7-10(9)13-11/h4-7H,8H2,1-3H3. The summed E-state index contributed by atoms with van der Waals surface area (Å²) in [6.07, 6.45) is 1.01. The number of benzene rings is 1. The maximum atomic E-state index is 4.62. The molecule has 2 rings (SSSR count). The van der Waals surface area contributed by atoms with E-state index in [1.165, 1.54) is 10.6 Å². The van der Waals surface area contributed by atoms with Gasteiger partial charge in [0.05, 0.1) is 10.7 Å². The lowest BCUT2D eigenvalue weighted by molar-refractivity contribution is 0.808. The SMILES string of the molecule is CC(C)(C)SC1=Nc2ccccc2C1. The van der Waals surface area contributed by atoms with E-state index < -0.39 is 0 Å². The van der Waals surface area contributed by atoms with Crippen LogP contribution in [0.2, 0.25) is 0 Å². The third kappa shape index (κ3) is 2.18. The van der Waals surface area contributed by atoms with Crippen LogP contribution in [0.4, 0.5) is 5.69 Å². The number of para-hydroxylation sites is 1. The lowest BCUT2D eigenvalue weighted by atomic mass is 10.2. The first kappa shape index (κ1) is 9.78. The summed E-state index contributed by atoms with van der Waals surface area (Å²) >= 11 is 1.87. The maximum absolute atomic E-state index is 4.62. The van der Waals surface area contributed by atoms with Gasteiger partial charge in [0.1, 0.15) is 0 Å². The van der Waals surface area contributed by atoms with Gasteiger partial charge in [0.15, 0.2) is 0 Å². The van der Waals surface area contributed by atoms with Gasteiger partial charge in [-0.3, -0.25) is 0 Å². The molecule has 0 N–H and O–H groups in total. The van der Waals surface area contributed by atoms with E-state index in [1.807, 2.05) is 17.8 Å². The first-order valence-electron chi connectivity index (χ1n) is 4.89. The van der Waals surface area contributed by atoms with Crippen molar-refractivity contribution in [3.8, 4) is 0 Å². The van der Waals surface area contributed by atoms with E-state index in [2.05, 4.69) is 44.0 Å². The van der Waals surface area contributed by atoms with Gasteiger partial charge in [-0.05, 0) is 11.6 Å². The van der Waals surface area contributed by atoms with Crippen molar-refractivity contribution in [3.63, 3.8) is 0 Å². The molecule has 0 unspecified atom stereocenters. The van der Waals surface area contributed by atoms with Crippen LogP contribution in [-0.4, -0.2) is 9.79 Å². The first-order chi connectivity index (χ1) is 6.54. The number of hydrogen-bond acceptors (Lipinski definition) is 2. The van der Waals surface area contributed by atoms with Gasteiger partial charge in [-0.2, -0.15) is 0 Å². The van der Waals surface area contributed by atoms with Gasteiger partial charge >= 0.3 is 0 Å². The highest BCUT2D eigenvalue weighted by molar-refractivity contribution is 8.15. The quantitative estimate of drug-likeness (QED) is 0.627. The number of hydrogen-bond donors (Lipinski definition) is 0. The molecule has 0 spiro atoms. The molecule has 0 saturated heterocycles. The van der Waals surface area contributed by atoms with Gasteiger partial charge in [-0.1, -0.05) is 39.0 Å². The van der Waals surface area contributed by atoms with E-state index in [4.69, 9.17) is 0 Å². The average molecular weight is 205 g/mol. The number of fused-ring (bicyclic) bond motifs is 1. The molecule has 1 nitrogen and oxygen atoms in total. The predicted molar refractivity (Wildman–Crippen MR) is 64.6 cm³/mol. The molecule has 1 heterocycles. The molecule has 1 aliphatic rings. The van der Waals surface area contributed by atoms with Crippen LogP contribution in [0, 0.1) is 0 Å². The predicted octanol–water partition coefficient (Wildman–Crippen LogP) is 3.80. The first-order valence-corrected chi connectivity index (χ1v) is 5.71. The van der Waals surface area contributed by atoms with Crippen molar-refractivity contribution in [1.82, 2.24) is 0 Å². The number of thioether (sulfide) groups is 1. The molecular weight excluding hydrogens is 190 g/mol. The summed E-state index contributed by atoms with van der Waals surface area (Å²) in [5, 5.41) is 1.25. The zero-order chi connectivity index (χ0) is 10.2. The Hall–Kier alpha value is -0.760. The Labute approximate surface area is 89.6 Å². The molecule has 0 radical (unpaired) electrons. The van der Waals surface area contributed by atoms with E-state index in [9.17, 15) is 0 Å². The van der Waals surface area contributed by atoms with Gasteiger partial charge in [-0.25, -0.2) is 4.99 Å². The molecular formula is C12H15NS. The number of aliphatic imine (C=N–C) groups is 1. The summed E-state index contributed by atoms with van der Waals surface area (Å²) < 4.78 is 0.265. The fraction of sp³-hybridized carbons (Fsp3) is 0.417. The van der Waals surface area contributed by atoms with E-state index >= 15 is 0 Å². The van der Waals surface area contributed by atoms with Gasteiger partial charge in [0.25, 0.3) is 0 Å². The zero-order valence-corrected chi connectivity index (χ0v) is 9.69. The van der Waals surface area contributed by atoms with Crippen LogP contribution in [0.15, 0.2) is 29.3 Å². The van der Waals surface area contributed by atoms with Gasteiger partial charge in [0.2, 0.25) is 0 Å². The summed E-state index contributed by atoms with van der Waals surface area (Å²) in [7, 11) is 0. The highest BCUT2D eigenvalue weighted by atomic mass is 32.2. The van der Waals surface area contributed by atoms with Gasteiger partial charge < -0.3 is 0 Å². The minimum atomic E-state index is 0.265. The minimum absolute atomic E-state index is 0.265. The molecule has 0 amide bonds. The Morgan fingerprint density at radius 3 is 2.57 bits per heavy atom. The van der Waals surface area contributed by atoms with Crippen LogP contribution in [0.5, 0.6) is 0 Å². The number of nitrogens with zero attached hydrogens (tertiary/aromatic N) is 1. The Bertz CT molecular complexity index is 374. The minimum Gasteiger partial charge on any atom is -0.246 e. The van der Waals surface area contributed by atoms with E-state index in [1.54, 1.807) is 0 Å². The molecule has 74 valence electrons. The lowest BCUT2D eigenvalue weighted by Gasteiger charge is -2.16. The van der Waals surface area contributed by atoms with Crippen molar-refractivity contribution in [2.24, 2.45) is 4.99 Å². The smallest absolute Gasteiger partial charge is 0.0788 e. The van der Waals surface area contributed by atoms with Crippen LogP contribution in [0.3, 0.4) is 0 Å². The molecule has 0 aliphatic carbocycles. The second kappa shape index (κ2) is 3.43. The van der Waals surface area contributed by atoms with Crippen molar-refractivity contribution in [3.05, 3.63) is 29.8 Å². The van der Waals surface area contributed by atoms with Crippen LogP contribution in [-0.2, 0) is 6.42 Å².